The number of hydrogen-bond donors (Lipinski definition) is 2. The van der Waals surface area contributed by atoms with Gasteiger partial charge in [-0.25, -0.2) is 4.79 Å². The van der Waals surface area contributed by atoms with Gasteiger partial charge in [0.2, 0.25) is 11.8 Å². The van der Waals surface area contributed by atoms with E-state index in [0.29, 0.717) is 24.6 Å². The number of unbranched alkanes of at least 4 members (excludes halogenated alkanes) is 1. The number of hydrogen-bond acceptors (Lipinski definition) is 6. The van der Waals surface area contributed by atoms with Crippen LogP contribution in [0.25, 0.3) is 0 Å². The van der Waals surface area contributed by atoms with Crippen LogP contribution in [0.5, 0.6) is 0 Å². The second kappa shape index (κ2) is 7.56. The fourth-order valence-electron chi connectivity index (χ4n) is 2.37. The van der Waals surface area contributed by atoms with Crippen LogP contribution in [0.1, 0.15) is 19.8 Å². The minimum atomic E-state index is -0.719. The molecule has 2 heterocycles. The van der Waals surface area contributed by atoms with Gasteiger partial charge in [0.25, 0.3) is 5.56 Å². The van der Waals surface area contributed by atoms with Crippen molar-refractivity contribution in [3.8, 4) is 0 Å². The Hall–Kier alpha value is -2.23. The summed E-state index contributed by atoms with van der Waals surface area (Å²) in [5.41, 5.74) is 4.58. The first-order chi connectivity index (χ1) is 11.4. The summed E-state index contributed by atoms with van der Waals surface area (Å²) in [5.74, 6) is 0.192. The molecule has 0 bridgehead atoms. The van der Waals surface area contributed by atoms with Crippen molar-refractivity contribution in [2.24, 2.45) is 0 Å². The molecule has 1 fully saturated rings. The van der Waals surface area contributed by atoms with Crippen molar-refractivity contribution in [1.29, 1.82) is 0 Å². The number of anilines is 2. The smallest absolute Gasteiger partial charge is 0.330 e. The molecule has 0 unspecified atom stereocenters. The van der Waals surface area contributed by atoms with Crippen LogP contribution in [0, 0.1) is 0 Å². The fraction of sp³-hybridized carbons (Fsp3) is 0.571. The molecule has 10 heteroatoms. The van der Waals surface area contributed by atoms with Gasteiger partial charge in [-0.15, -0.1) is 11.8 Å². The third-order valence-corrected chi connectivity index (χ3v) is 4.76. The Bertz CT molecular complexity index is 757. The number of amides is 2. The van der Waals surface area contributed by atoms with Crippen LogP contribution in [0.4, 0.5) is 11.5 Å². The average Bonchev–Trinajstić information content (AvgIpc) is 2.91. The Kier molecular flexibility index (Phi) is 5.71. The van der Waals surface area contributed by atoms with Crippen LogP contribution in [0.15, 0.2) is 9.59 Å². The molecular formula is C14H21N5O4S. The maximum atomic E-state index is 12.4. The topological polar surface area (TPSA) is 121 Å². The zero-order valence-corrected chi connectivity index (χ0v) is 14.5. The fourth-order valence-corrected chi connectivity index (χ4v) is 3.28. The maximum absolute atomic E-state index is 12.4. The van der Waals surface area contributed by atoms with E-state index in [4.69, 9.17) is 5.73 Å². The van der Waals surface area contributed by atoms with Crippen LogP contribution in [0.2, 0.25) is 0 Å². The van der Waals surface area contributed by atoms with E-state index in [1.54, 1.807) is 0 Å². The molecule has 9 nitrogen and oxygen atoms in total. The SMILES string of the molecule is CCCCn1c(N)c(N(C)C(=O)CN2CSCC2=O)c(=O)[nH]c1=O. The van der Waals surface area contributed by atoms with Gasteiger partial charge in [0, 0.05) is 13.6 Å². The number of likely N-dealkylation sites (N-methyl/N-ethyl adjacent to an activating group) is 1. The molecule has 0 atom stereocenters. The van der Waals surface area contributed by atoms with Gasteiger partial charge in [-0.05, 0) is 6.42 Å². The molecular weight excluding hydrogens is 334 g/mol. The van der Waals surface area contributed by atoms with Crippen LogP contribution < -0.4 is 21.9 Å². The predicted molar refractivity (Wildman–Crippen MR) is 93.1 cm³/mol. The number of rotatable bonds is 6. The number of aromatic nitrogens is 2. The summed E-state index contributed by atoms with van der Waals surface area (Å²) in [6.07, 6.45) is 1.57. The number of carbonyl (C=O) groups is 2. The van der Waals surface area contributed by atoms with E-state index in [1.807, 2.05) is 6.92 Å². The lowest BCUT2D eigenvalue weighted by molar-refractivity contribution is -0.131. The van der Waals surface area contributed by atoms with Crippen LogP contribution in [0.3, 0.4) is 0 Å². The molecule has 1 aromatic rings. The Labute approximate surface area is 142 Å². The van der Waals surface area contributed by atoms with Gasteiger partial charge < -0.3 is 15.5 Å². The Balaban J connectivity index is 2.29. The van der Waals surface area contributed by atoms with Crippen LogP contribution in [-0.4, -0.2) is 51.5 Å². The number of thioether (sulfide) groups is 1. The zero-order valence-electron chi connectivity index (χ0n) is 13.7. The van der Waals surface area contributed by atoms with Crippen molar-refractivity contribution in [1.82, 2.24) is 14.5 Å². The van der Waals surface area contributed by atoms with Crippen molar-refractivity contribution in [3.63, 3.8) is 0 Å². The minimum Gasteiger partial charge on any atom is -0.383 e. The summed E-state index contributed by atoms with van der Waals surface area (Å²) in [4.78, 5) is 52.7. The van der Waals surface area contributed by atoms with E-state index in [2.05, 4.69) is 4.98 Å². The van der Waals surface area contributed by atoms with E-state index >= 15 is 0 Å². The lowest BCUT2D eigenvalue weighted by atomic mass is 10.3. The molecule has 0 aromatic carbocycles. The lowest BCUT2D eigenvalue weighted by Crippen LogP contribution is -2.43. The van der Waals surface area contributed by atoms with E-state index in [0.717, 1.165) is 11.3 Å². The molecule has 1 saturated heterocycles. The highest BCUT2D eigenvalue weighted by Crippen LogP contribution is 2.18. The summed E-state index contributed by atoms with van der Waals surface area (Å²) in [6.45, 7) is 2.19. The average molecular weight is 355 g/mol. The number of carbonyl (C=O) groups excluding carboxylic acids is 2. The van der Waals surface area contributed by atoms with Crippen molar-refractivity contribution >= 4 is 35.1 Å². The molecule has 2 amide bonds. The van der Waals surface area contributed by atoms with Crippen LogP contribution in [-0.2, 0) is 16.1 Å². The quantitative estimate of drug-likeness (QED) is 0.704. The van der Waals surface area contributed by atoms with E-state index in [9.17, 15) is 19.2 Å². The molecule has 1 aromatic heterocycles. The lowest BCUT2D eigenvalue weighted by Gasteiger charge is -2.22. The van der Waals surface area contributed by atoms with Gasteiger partial charge in [-0.3, -0.25) is 23.9 Å². The summed E-state index contributed by atoms with van der Waals surface area (Å²) >= 11 is 1.43. The summed E-state index contributed by atoms with van der Waals surface area (Å²) < 4.78 is 1.25. The highest BCUT2D eigenvalue weighted by molar-refractivity contribution is 8.00. The van der Waals surface area contributed by atoms with Gasteiger partial charge in [0.1, 0.15) is 12.4 Å². The highest BCUT2D eigenvalue weighted by atomic mass is 32.2. The molecule has 1 aliphatic heterocycles. The number of nitrogens with zero attached hydrogens (tertiary/aromatic N) is 3. The molecule has 0 spiro atoms. The summed E-state index contributed by atoms with van der Waals surface area (Å²) in [6, 6.07) is 0. The largest absolute Gasteiger partial charge is 0.383 e. The van der Waals surface area contributed by atoms with Crippen molar-refractivity contribution < 1.29 is 9.59 Å². The van der Waals surface area contributed by atoms with Gasteiger partial charge >= 0.3 is 5.69 Å². The number of H-pyrrole nitrogens is 1. The first-order valence-electron chi connectivity index (χ1n) is 7.61. The number of nitrogens with two attached hydrogens (primary N) is 1. The first kappa shape index (κ1) is 18.1. The second-order valence-electron chi connectivity index (χ2n) is 5.52. The van der Waals surface area contributed by atoms with Gasteiger partial charge in [-0.1, -0.05) is 13.3 Å². The standard InChI is InChI=1S/C14H21N5O4S/c1-3-4-5-19-12(15)11(13(22)16-14(19)23)17(2)9(20)6-18-8-24-7-10(18)21/h3-8,15H2,1-2H3,(H,16,22,23). The minimum absolute atomic E-state index is 0.0461. The molecule has 0 aliphatic carbocycles. The maximum Gasteiger partial charge on any atom is 0.330 e. The van der Waals surface area contributed by atoms with E-state index in [-0.39, 0.29) is 24.0 Å². The predicted octanol–water partition coefficient (Wildman–Crippen LogP) is -0.585. The third-order valence-electron chi connectivity index (χ3n) is 3.81. The van der Waals surface area contributed by atoms with Crippen molar-refractivity contribution in [3.05, 3.63) is 20.8 Å². The van der Waals surface area contributed by atoms with Crippen molar-refractivity contribution in [2.75, 3.05) is 35.9 Å². The molecule has 3 N–H and O–H groups in total. The third kappa shape index (κ3) is 3.64. The summed E-state index contributed by atoms with van der Waals surface area (Å²) in [5, 5.41) is 0. The molecule has 132 valence electrons. The Morgan fingerprint density at radius 3 is 2.67 bits per heavy atom. The Morgan fingerprint density at radius 2 is 2.08 bits per heavy atom. The zero-order chi connectivity index (χ0) is 17.9. The normalized spacial score (nSPS) is 14.2. The second-order valence-corrected chi connectivity index (χ2v) is 6.48. The molecule has 0 radical (unpaired) electrons. The van der Waals surface area contributed by atoms with Gasteiger partial charge in [-0.2, -0.15) is 0 Å². The molecule has 24 heavy (non-hydrogen) atoms. The first-order valence-corrected chi connectivity index (χ1v) is 8.77. The number of nitrogens with one attached hydrogen (secondary N) is 1. The van der Waals surface area contributed by atoms with Crippen molar-refractivity contribution in [2.45, 2.75) is 26.3 Å². The number of aromatic amines is 1. The molecule has 1 aliphatic rings. The molecule has 2 rings (SSSR count). The number of nitrogen functional groups attached to an aromatic ring is 1. The summed E-state index contributed by atoms with van der Waals surface area (Å²) in [7, 11) is 1.41. The van der Waals surface area contributed by atoms with Gasteiger partial charge in [0.05, 0.1) is 11.6 Å². The van der Waals surface area contributed by atoms with Crippen LogP contribution >= 0.6 is 11.8 Å². The van der Waals surface area contributed by atoms with E-state index < -0.39 is 17.2 Å². The van der Waals surface area contributed by atoms with Gasteiger partial charge in [0.15, 0.2) is 5.69 Å². The van der Waals surface area contributed by atoms with E-state index in [1.165, 1.54) is 28.3 Å². The highest BCUT2D eigenvalue weighted by Gasteiger charge is 2.27. The Morgan fingerprint density at radius 1 is 1.38 bits per heavy atom. The monoisotopic (exact) mass is 355 g/mol. The molecule has 0 saturated carbocycles.